The zero-order valence-electron chi connectivity index (χ0n) is 24.1. The number of ketones is 1. The van der Waals surface area contributed by atoms with Gasteiger partial charge in [0.25, 0.3) is 5.78 Å². The third kappa shape index (κ3) is 5.31. The molecular formula is C33H31FN2O6S. The Kier molecular flexibility index (Phi) is 7.79. The van der Waals surface area contributed by atoms with Gasteiger partial charge < -0.3 is 19.3 Å². The maximum absolute atomic E-state index is 14.0. The van der Waals surface area contributed by atoms with E-state index in [-0.39, 0.29) is 22.6 Å². The molecule has 222 valence electrons. The van der Waals surface area contributed by atoms with Crippen molar-refractivity contribution >= 4 is 44.1 Å². The molecule has 4 aromatic rings. The number of Topliss-reactive ketones (excluding diaryl/α,β-unsaturated/α-hetero) is 1. The summed E-state index contributed by atoms with van der Waals surface area (Å²) < 4.78 is 32.2. The maximum Gasteiger partial charge on any atom is 0.301 e. The number of nitrogens with zero attached hydrogens (tertiary/aromatic N) is 2. The molecule has 1 N–H and O–H groups in total. The molecule has 43 heavy (non-hydrogen) atoms. The van der Waals surface area contributed by atoms with Crippen LogP contribution in [0.25, 0.3) is 16.0 Å². The van der Waals surface area contributed by atoms with Gasteiger partial charge in [0.1, 0.15) is 23.4 Å². The van der Waals surface area contributed by atoms with Crippen molar-refractivity contribution in [3.8, 4) is 17.2 Å². The van der Waals surface area contributed by atoms with Crippen LogP contribution in [0.4, 0.5) is 9.52 Å². The van der Waals surface area contributed by atoms with E-state index in [0.717, 1.165) is 35.5 Å². The van der Waals surface area contributed by atoms with Gasteiger partial charge in [-0.15, -0.1) is 0 Å². The molecule has 1 fully saturated rings. The van der Waals surface area contributed by atoms with Crippen LogP contribution in [0, 0.1) is 5.82 Å². The number of hydrogen-bond donors (Lipinski definition) is 1. The van der Waals surface area contributed by atoms with Crippen LogP contribution >= 0.6 is 11.3 Å². The van der Waals surface area contributed by atoms with Crippen molar-refractivity contribution in [2.45, 2.75) is 52.2 Å². The van der Waals surface area contributed by atoms with Gasteiger partial charge in [-0.05, 0) is 79.9 Å². The van der Waals surface area contributed by atoms with Gasteiger partial charge in [0, 0.05) is 12.0 Å². The molecule has 0 bridgehead atoms. The number of fused-ring (bicyclic) bond motifs is 2. The SMILES string of the molecule is CCCCOc1ccc([C@@H]2C(=C(O)c3ccc4c(c3)C[C@@H](C)O4)C(=O)C(=O)N2c2nc3ccc(F)cc3s2)cc1OCC. The minimum atomic E-state index is -1.03. The van der Waals surface area contributed by atoms with Crippen molar-refractivity contribution in [3.63, 3.8) is 0 Å². The topological polar surface area (TPSA) is 98.2 Å². The number of carbonyl (C=O) groups excluding carboxylic acids is 2. The molecule has 3 heterocycles. The number of thiazole rings is 1. The third-order valence-corrected chi connectivity index (χ3v) is 8.52. The monoisotopic (exact) mass is 602 g/mol. The Hall–Kier alpha value is -4.44. The summed E-state index contributed by atoms with van der Waals surface area (Å²) in [6.45, 7) is 6.77. The highest BCUT2D eigenvalue weighted by Gasteiger charge is 2.48. The first kappa shape index (κ1) is 28.7. The zero-order valence-corrected chi connectivity index (χ0v) is 24.9. The summed E-state index contributed by atoms with van der Waals surface area (Å²) in [7, 11) is 0. The first-order valence-electron chi connectivity index (χ1n) is 14.4. The zero-order chi connectivity index (χ0) is 30.2. The van der Waals surface area contributed by atoms with E-state index < -0.39 is 23.5 Å². The number of ether oxygens (including phenoxy) is 3. The summed E-state index contributed by atoms with van der Waals surface area (Å²) in [5.41, 5.74) is 2.24. The summed E-state index contributed by atoms with van der Waals surface area (Å²) in [5, 5.41) is 11.9. The van der Waals surface area contributed by atoms with E-state index >= 15 is 0 Å². The van der Waals surface area contributed by atoms with Gasteiger partial charge in [0.2, 0.25) is 0 Å². The largest absolute Gasteiger partial charge is 0.507 e. The van der Waals surface area contributed by atoms with Crippen molar-refractivity contribution in [1.82, 2.24) is 4.98 Å². The fraction of sp³-hybridized carbons (Fsp3) is 0.303. The third-order valence-electron chi connectivity index (χ3n) is 7.50. The number of aliphatic hydroxyl groups excluding tert-OH is 1. The number of benzene rings is 3. The van der Waals surface area contributed by atoms with Crippen LogP contribution in [0.1, 0.15) is 56.3 Å². The van der Waals surface area contributed by atoms with Crippen molar-refractivity contribution < 1.29 is 33.3 Å². The fourth-order valence-corrected chi connectivity index (χ4v) is 6.49. The minimum Gasteiger partial charge on any atom is -0.507 e. The molecule has 0 radical (unpaired) electrons. The van der Waals surface area contributed by atoms with E-state index in [9.17, 15) is 19.1 Å². The predicted molar refractivity (Wildman–Crippen MR) is 163 cm³/mol. The summed E-state index contributed by atoms with van der Waals surface area (Å²) in [5.74, 6) is -0.707. The first-order valence-corrected chi connectivity index (χ1v) is 15.2. The summed E-state index contributed by atoms with van der Waals surface area (Å²) in [4.78, 5) is 33.3. The summed E-state index contributed by atoms with van der Waals surface area (Å²) >= 11 is 1.10. The molecule has 0 saturated carbocycles. The van der Waals surface area contributed by atoms with Crippen LogP contribution in [-0.4, -0.2) is 41.1 Å². The number of rotatable bonds is 9. The van der Waals surface area contributed by atoms with Crippen LogP contribution < -0.4 is 19.1 Å². The molecule has 8 nitrogen and oxygen atoms in total. The smallest absolute Gasteiger partial charge is 0.301 e. The van der Waals surface area contributed by atoms with Crippen LogP contribution in [0.2, 0.25) is 0 Å². The van der Waals surface area contributed by atoms with Gasteiger partial charge in [-0.25, -0.2) is 9.37 Å². The molecule has 1 saturated heterocycles. The van der Waals surface area contributed by atoms with Gasteiger partial charge in [0.15, 0.2) is 16.6 Å². The molecule has 1 aromatic heterocycles. The number of aromatic nitrogens is 1. The number of unbranched alkanes of at least 4 members (excludes halogenated alkanes) is 1. The molecule has 1 amide bonds. The van der Waals surface area contributed by atoms with Crippen molar-refractivity contribution in [1.29, 1.82) is 0 Å². The van der Waals surface area contributed by atoms with Crippen molar-refractivity contribution in [2.24, 2.45) is 0 Å². The molecule has 6 rings (SSSR count). The maximum atomic E-state index is 14.0. The lowest BCUT2D eigenvalue weighted by atomic mass is 9.94. The van der Waals surface area contributed by atoms with Gasteiger partial charge >= 0.3 is 5.91 Å². The molecular weight excluding hydrogens is 571 g/mol. The normalized spacial score (nSPS) is 19.1. The highest BCUT2D eigenvalue weighted by atomic mass is 32.1. The second kappa shape index (κ2) is 11.7. The first-order chi connectivity index (χ1) is 20.8. The van der Waals surface area contributed by atoms with Gasteiger partial charge in [0.05, 0.1) is 35.0 Å². The molecule has 0 unspecified atom stereocenters. The number of aliphatic hydroxyl groups is 1. The van der Waals surface area contributed by atoms with Gasteiger partial charge in [-0.1, -0.05) is 30.7 Å². The number of anilines is 1. The Labute approximate surface area is 252 Å². The average molecular weight is 603 g/mol. The van der Waals surface area contributed by atoms with Gasteiger partial charge in [-0.3, -0.25) is 14.5 Å². The molecule has 0 aliphatic carbocycles. The molecule has 2 aliphatic rings. The number of halogens is 1. The van der Waals surface area contributed by atoms with Crippen LogP contribution in [-0.2, 0) is 16.0 Å². The Bertz CT molecular complexity index is 1770. The van der Waals surface area contributed by atoms with E-state index in [2.05, 4.69) is 11.9 Å². The number of hydrogen-bond acceptors (Lipinski definition) is 8. The highest BCUT2D eigenvalue weighted by Crippen LogP contribution is 2.46. The van der Waals surface area contributed by atoms with Crippen LogP contribution in [0.3, 0.4) is 0 Å². The van der Waals surface area contributed by atoms with E-state index in [1.807, 2.05) is 13.8 Å². The molecule has 2 atom stereocenters. The second-order valence-corrected chi connectivity index (χ2v) is 11.6. The van der Waals surface area contributed by atoms with E-state index in [4.69, 9.17) is 14.2 Å². The Morgan fingerprint density at radius 3 is 2.72 bits per heavy atom. The van der Waals surface area contributed by atoms with E-state index in [0.29, 0.717) is 52.5 Å². The lowest BCUT2D eigenvalue weighted by Crippen LogP contribution is -2.29. The highest BCUT2D eigenvalue weighted by molar-refractivity contribution is 7.22. The standard InChI is InChI=1S/C33H31FN2O6S/c1-4-6-13-41-25-12-7-19(16-26(25)40-5-2)29-28(30(37)20-8-11-24-21(15-20)14-18(3)42-24)31(38)32(39)36(29)33-35-23-10-9-22(34)17-27(23)43-33/h7-12,15-18,29,37H,4-6,13-14H2,1-3H3/t18-,29-/m1/s1. The Morgan fingerprint density at radius 2 is 1.93 bits per heavy atom. The molecule has 0 spiro atoms. The lowest BCUT2D eigenvalue weighted by Gasteiger charge is -2.24. The predicted octanol–water partition coefficient (Wildman–Crippen LogP) is 6.96. The van der Waals surface area contributed by atoms with Crippen LogP contribution in [0.15, 0.2) is 60.2 Å². The summed E-state index contributed by atoms with van der Waals surface area (Å²) in [6.07, 6.45) is 2.50. The van der Waals surface area contributed by atoms with Gasteiger partial charge in [-0.2, -0.15) is 0 Å². The minimum absolute atomic E-state index is 0.00288. The number of amides is 1. The lowest BCUT2D eigenvalue weighted by molar-refractivity contribution is -0.132. The quantitative estimate of drug-likeness (QED) is 0.0957. The van der Waals surface area contributed by atoms with Crippen LogP contribution in [0.5, 0.6) is 17.2 Å². The molecule has 3 aromatic carbocycles. The molecule has 2 aliphatic heterocycles. The average Bonchev–Trinajstić information content (AvgIpc) is 3.65. The van der Waals surface area contributed by atoms with E-state index in [1.165, 1.54) is 23.1 Å². The summed E-state index contributed by atoms with van der Waals surface area (Å²) in [6, 6.07) is 13.6. The Morgan fingerprint density at radius 1 is 1.09 bits per heavy atom. The number of carbonyl (C=O) groups is 2. The Balaban J connectivity index is 1.51. The van der Waals surface area contributed by atoms with Crippen molar-refractivity contribution in [3.05, 3.63) is 82.7 Å². The fourth-order valence-electron chi connectivity index (χ4n) is 5.47. The van der Waals surface area contributed by atoms with Crippen molar-refractivity contribution in [2.75, 3.05) is 18.1 Å². The van der Waals surface area contributed by atoms with E-state index in [1.54, 1.807) is 36.4 Å². The second-order valence-electron chi connectivity index (χ2n) is 10.6. The molecule has 10 heteroatoms.